The molecule has 9 heteroatoms. The van der Waals surface area contributed by atoms with Crippen molar-refractivity contribution in [2.45, 2.75) is 32.7 Å². The summed E-state index contributed by atoms with van der Waals surface area (Å²) in [6.07, 6.45) is 1.70. The van der Waals surface area contributed by atoms with Crippen molar-refractivity contribution in [1.82, 2.24) is 10.2 Å². The molecule has 0 aliphatic carbocycles. The molecule has 0 saturated carbocycles. The Labute approximate surface area is 210 Å². The molecule has 0 spiro atoms. The number of rotatable bonds is 10. The first kappa shape index (κ1) is 26.2. The van der Waals surface area contributed by atoms with Crippen LogP contribution >= 0.6 is 11.6 Å². The van der Waals surface area contributed by atoms with E-state index in [9.17, 15) is 14.4 Å². The molecular formula is C26H30ClN3O5. The van der Waals surface area contributed by atoms with Gasteiger partial charge in [-0.25, -0.2) is 9.59 Å². The number of halogens is 1. The Bertz CT molecular complexity index is 1120. The molecule has 0 bridgehead atoms. The number of ether oxygens (including phenoxy) is 2. The van der Waals surface area contributed by atoms with E-state index in [0.717, 1.165) is 12.8 Å². The van der Waals surface area contributed by atoms with Crippen molar-refractivity contribution in [2.24, 2.45) is 0 Å². The number of benzene rings is 2. The van der Waals surface area contributed by atoms with Crippen molar-refractivity contribution in [3.63, 3.8) is 0 Å². The summed E-state index contributed by atoms with van der Waals surface area (Å²) >= 11 is 6.15. The van der Waals surface area contributed by atoms with Crippen molar-refractivity contribution in [3.8, 4) is 0 Å². The van der Waals surface area contributed by atoms with E-state index >= 15 is 0 Å². The lowest BCUT2D eigenvalue weighted by Crippen LogP contribution is -2.48. The summed E-state index contributed by atoms with van der Waals surface area (Å²) in [6, 6.07) is 12.7. The minimum atomic E-state index is -0.743. The zero-order valence-electron chi connectivity index (χ0n) is 20.1. The molecule has 1 aliphatic rings. The van der Waals surface area contributed by atoms with E-state index in [1.165, 1.54) is 7.11 Å². The summed E-state index contributed by atoms with van der Waals surface area (Å²) in [5.41, 5.74) is 2.35. The number of esters is 1. The van der Waals surface area contributed by atoms with Gasteiger partial charge in [-0.05, 0) is 43.2 Å². The first-order chi connectivity index (χ1) is 16.9. The maximum absolute atomic E-state index is 13.1. The van der Waals surface area contributed by atoms with E-state index < -0.39 is 12.0 Å². The highest BCUT2D eigenvalue weighted by Gasteiger charge is 2.36. The number of nitrogens with one attached hydrogen (secondary N) is 2. The third-order valence-corrected chi connectivity index (χ3v) is 6.00. The van der Waals surface area contributed by atoms with Crippen molar-refractivity contribution < 1.29 is 23.9 Å². The normalized spacial score (nSPS) is 15.6. The number of allylic oxidation sites excluding steroid dienone is 1. The number of urea groups is 1. The highest BCUT2D eigenvalue weighted by Crippen LogP contribution is 2.32. The van der Waals surface area contributed by atoms with Crippen LogP contribution in [-0.2, 0) is 14.3 Å². The highest BCUT2D eigenvalue weighted by atomic mass is 35.5. The topological polar surface area (TPSA) is 97.0 Å². The number of carbonyl (C=O) groups excluding carboxylic acids is 3. The zero-order chi connectivity index (χ0) is 25.4. The van der Waals surface area contributed by atoms with Crippen molar-refractivity contribution >= 4 is 35.2 Å². The second kappa shape index (κ2) is 12.4. The number of carbonyl (C=O) groups is 3. The van der Waals surface area contributed by atoms with Gasteiger partial charge in [0.15, 0.2) is 0 Å². The number of nitrogens with zero attached hydrogens (tertiary/aromatic N) is 1. The predicted octanol–water partition coefficient (Wildman–Crippen LogP) is 4.92. The summed E-state index contributed by atoms with van der Waals surface area (Å²) < 4.78 is 10.4. The van der Waals surface area contributed by atoms with E-state index in [0.29, 0.717) is 39.7 Å². The quantitative estimate of drug-likeness (QED) is 0.357. The number of hydrogen-bond acceptors (Lipinski definition) is 5. The van der Waals surface area contributed by atoms with Crippen LogP contribution in [0.25, 0.3) is 0 Å². The van der Waals surface area contributed by atoms with Crippen molar-refractivity contribution in [3.05, 3.63) is 76.0 Å². The molecule has 8 nitrogen and oxygen atoms in total. The van der Waals surface area contributed by atoms with Crippen LogP contribution < -0.4 is 10.6 Å². The molecule has 35 heavy (non-hydrogen) atoms. The first-order valence-corrected chi connectivity index (χ1v) is 11.9. The summed E-state index contributed by atoms with van der Waals surface area (Å²) in [6.45, 7) is 4.63. The number of amides is 3. The van der Waals surface area contributed by atoms with Crippen molar-refractivity contribution in [2.75, 3.05) is 32.2 Å². The van der Waals surface area contributed by atoms with Crippen LogP contribution in [0, 0.1) is 0 Å². The van der Waals surface area contributed by atoms with Gasteiger partial charge in [0.05, 0.1) is 28.8 Å². The van der Waals surface area contributed by atoms with Gasteiger partial charge in [-0.15, -0.1) is 0 Å². The third kappa shape index (κ3) is 6.41. The van der Waals surface area contributed by atoms with E-state index in [4.69, 9.17) is 21.1 Å². The lowest BCUT2D eigenvalue weighted by atomic mass is 9.94. The van der Waals surface area contributed by atoms with Crippen LogP contribution in [0.3, 0.4) is 0 Å². The number of methoxy groups -OCH3 is 1. The van der Waals surface area contributed by atoms with E-state index in [1.54, 1.807) is 60.4 Å². The van der Waals surface area contributed by atoms with Crippen LogP contribution in [0.2, 0.25) is 5.02 Å². The Balaban J connectivity index is 1.92. The lowest BCUT2D eigenvalue weighted by Gasteiger charge is -2.35. The monoisotopic (exact) mass is 499 g/mol. The van der Waals surface area contributed by atoms with Gasteiger partial charge in [0.1, 0.15) is 6.61 Å². The van der Waals surface area contributed by atoms with Crippen LogP contribution in [0.5, 0.6) is 0 Å². The molecule has 2 aromatic carbocycles. The standard InChI is InChI=1S/C26H30ClN3O5/c1-4-5-13-30-17(2)22(25(32)35-15-14-34-3)23(29-26(30)33)18-9-8-10-19(16-18)28-24(31)20-11-6-7-12-21(20)27/h6-12,16,23H,4-5,13-15H2,1-3H3,(H,28,31)(H,29,33). The van der Waals surface area contributed by atoms with Crippen LogP contribution in [-0.4, -0.2) is 49.7 Å². The molecular weight excluding hydrogens is 470 g/mol. The number of anilines is 1. The van der Waals surface area contributed by atoms with Crippen LogP contribution in [0.1, 0.15) is 48.7 Å². The maximum atomic E-state index is 13.1. The smallest absolute Gasteiger partial charge is 0.338 e. The van der Waals surface area contributed by atoms with E-state index in [2.05, 4.69) is 10.6 Å². The Morgan fingerprint density at radius 2 is 1.91 bits per heavy atom. The van der Waals surface area contributed by atoms with Crippen LogP contribution in [0.15, 0.2) is 59.8 Å². The molecule has 0 aromatic heterocycles. The third-order valence-electron chi connectivity index (χ3n) is 5.67. The molecule has 2 aromatic rings. The van der Waals surface area contributed by atoms with Gasteiger partial charge in [0.25, 0.3) is 5.91 Å². The maximum Gasteiger partial charge on any atom is 0.338 e. The van der Waals surface area contributed by atoms with Crippen molar-refractivity contribution in [1.29, 1.82) is 0 Å². The Morgan fingerprint density at radius 3 is 2.63 bits per heavy atom. The molecule has 3 rings (SSSR count). The predicted molar refractivity (Wildman–Crippen MR) is 134 cm³/mol. The van der Waals surface area contributed by atoms with Gasteiger partial charge in [-0.2, -0.15) is 0 Å². The lowest BCUT2D eigenvalue weighted by molar-refractivity contribution is -0.140. The van der Waals surface area contributed by atoms with Gasteiger partial charge < -0.3 is 20.1 Å². The van der Waals surface area contributed by atoms with Gasteiger partial charge in [0, 0.05) is 25.0 Å². The highest BCUT2D eigenvalue weighted by molar-refractivity contribution is 6.34. The molecule has 3 amide bonds. The summed E-state index contributed by atoms with van der Waals surface area (Å²) in [5, 5.41) is 6.10. The molecule has 1 atom stereocenters. The molecule has 186 valence electrons. The molecule has 1 unspecified atom stereocenters. The average molecular weight is 500 g/mol. The fourth-order valence-electron chi connectivity index (χ4n) is 3.82. The molecule has 0 saturated heterocycles. The van der Waals surface area contributed by atoms with Gasteiger partial charge in [-0.1, -0.05) is 49.2 Å². The summed E-state index contributed by atoms with van der Waals surface area (Å²) in [7, 11) is 1.52. The van der Waals surface area contributed by atoms with Gasteiger partial charge in [0.2, 0.25) is 0 Å². The fourth-order valence-corrected chi connectivity index (χ4v) is 4.04. The largest absolute Gasteiger partial charge is 0.460 e. The summed E-state index contributed by atoms with van der Waals surface area (Å²) in [4.78, 5) is 40.3. The number of hydrogen-bond donors (Lipinski definition) is 2. The average Bonchev–Trinajstić information content (AvgIpc) is 2.84. The number of unbranched alkanes of at least 4 members (excludes halogenated alkanes) is 1. The van der Waals surface area contributed by atoms with Gasteiger partial charge >= 0.3 is 12.0 Å². The van der Waals surface area contributed by atoms with E-state index in [-0.39, 0.29) is 25.2 Å². The molecule has 1 aliphatic heterocycles. The minimum Gasteiger partial charge on any atom is -0.460 e. The van der Waals surface area contributed by atoms with Crippen LogP contribution in [0.4, 0.5) is 10.5 Å². The first-order valence-electron chi connectivity index (χ1n) is 11.5. The molecule has 1 heterocycles. The molecule has 0 fully saturated rings. The Hall–Kier alpha value is -3.36. The van der Waals surface area contributed by atoms with E-state index in [1.807, 2.05) is 6.92 Å². The SMILES string of the molecule is CCCCN1C(=O)NC(c2cccc(NC(=O)c3ccccc3Cl)c2)C(C(=O)OCCOC)=C1C. The summed E-state index contributed by atoms with van der Waals surface area (Å²) in [5.74, 6) is -0.895. The Kier molecular flexibility index (Phi) is 9.28. The zero-order valence-corrected chi connectivity index (χ0v) is 20.9. The van der Waals surface area contributed by atoms with Gasteiger partial charge in [-0.3, -0.25) is 9.69 Å². The fraction of sp³-hybridized carbons (Fsp3) is 0.346. The molecule has 2 N–H and O–H groups in total. The second-order valence-electron chi connectivity index (χ2n) is 8.07. The molecule has 0 radical (unpaired) electrons. The second-order valence-corrected chi connectivity index (χ2v) is 8.48. The Morgan fingerprint density at radius 1 is 1.14 bits per heavy atom. The minimum absolute atomic E-state index is 0.0929.